The fourth-order valence-electron chi connectivity index (χ4n) is 3.13. The highest BCUT2D eigenvalue weighted by molar-refractivity contribution is 6.30. The Kier molecular flexibility index (Phi) is 3.00. The predicted molar refractivity (Wildman–Crippen MR) is 94.0 cm³/mol. The van der Waals surface area contributed by atoms with E-state index in [1.807, 2.05) is 12.1 Å². The smallest absolute Gasteiger partial charge is 0.196 e. The Morgan fingerprint density at radius 1 is 0.583 bits per heavy atom. The Morgan fingerprint density at radius 2 is 1.17 bits per heavy atom. The van der Waals surface area contributed by atoms with E-state index in [1.54, 1.807) is 48.5 Å². The topological polar surface area (TPSA) is 86.2 Å². The zero-order chi connectivity index (χ0) is 16.8. The molecule has 0 bridgehead atoms. The van der Waals surface area contributed by atoms with Gasteiger partial charge in [0.05, 0.1) is 11.3 Å². The van der Waals surface area contributed by atoms with Gasteiger partial charge >= 0.3 is 0 Å². The minimum Gasteiger partial charge on any atom is -0.399 e. The zero-order valence-electron chi connectivity index (χ0n) is 12.7. The standard InChI is InChI=1S/C20H14N2O2/c21-12-7-5-11(6-8-12)13-9-10-16-17(18(13)22)20(24)15-4-2-1-3-14(15)19(16)23/h1-10H,21-22H2. The molecule has 3 aromatic carbocycles. The van der Waals surface area contributed by atoms with Crippen LogP contribution >= 0.6 is 0 Å². The number of anilines is 2. The van der Waals surface area contributed by atoms with Gasteiger partial charge in [-0.05, 0) is 23.8 Å². The van der Waals surface area contributed by atoms with Crippen molar-refractivity contribution < 1.29 is 9.59 Å². The van der Waals surface area contributed by atoms with Gasteiger partial charge in [-0.1, -0.05) is 42.5 Å². The minimum absolute atomic E-state index is 0.171. The number of carbonyl (C=O) groups excluding carboxylic acids is 2. The van der Waals surface area contributed by atoms with E-state index in [1.165, 1.54) is 0 Å². The molecule has 24 heavy (non-hydrogen) atoms. The second-order valence-corrected chi connectivity index (χ2v) is 5.78. The van der Waals surface area contributed by atoms with Crippen LogP contribution in [0.15, 0.2) is 60.7 Å². The third kappa shape index (κ3) is 1.93. The molecular formula is C20H14N2O2. The van der Waals surface area contributed by atoms with Gasteiger partial charge < -0.3 is 11.5 Å². The molecule has 0 saturated heterocycles. The SMILES string of the molecule is Nc1ccc(-c2ccc3c(c2N)C(=O)c2ccccc2C3=O)cc1. The van der Waals surface area contributed by atoms with Crippen molar-refractivity contribution in [3.05, 3.63) is 82.9 Å². The average molecular weight is 314 g/mol. The van der Waals surface area contributed by atoms with Crippen LogP contribution in [0.25, 0.3) is 11.1 Å². The molecule has 0 amide bonds. The van der Waals surface area contributed by atoms with Crippen molar-refractivity contribution in [3.8, 4) is 11.1 Å². The lowest BCUT2D eigenvalue weighted by atomic mass is 9.81. The molecule has 0 aliphatic heterocycles. The molecule has 0 fully saturated rings. The number of rotatable bonds is 1. The van der Waals surface area contributed by atoms with Crippen LogP contribution in [0.1, 0.15) is 31.8 Å². The molecule has 4 N–H and O–H groups in total. The Morgan fingerprint density at radius 3 is 1.83 bits per heavy atom. The van der Waals surface area contributed by atoms with E-state index in [0.717, 1.165) is 5.56 Å². The fourth-order valence-corrected chi connectivity index (χ4v) is 3.13. The van der Waals surface area contributed by atoms with Crippen molar-refractivity contribution >= 4 is 22.9 Å². The molecule has 4 heteroatoms. The van der Waals surface area contributed by atoms with Crippen LogP contribution in [0.5, 0.6) is 0 Å². The third-order valence-electron chi connectivity index (χ3n) is 4.36. The first-order valence-electron chi connectivity index (χ1n) is 7.54. The predicted octanol–water partition coefficient (Wildman–Crippen LogP) is 3.29. The number of benzene rings is 3. The van der Waals surface area contributed by atoms with Crippen LogP contribution in [0, 0.1) is 0 Å². The summed E-state index contributed by atoms with van der Waals surface area (Å²) in [6.07, 6.45) is 0. The lowest BCUT2D eigenvalue weighted by Gasteiger charge is -2.20. The van der Waals surface area contributed by atoms with E-state index in [2.05, 4.69) is 0 Å². The van der Waals surface area contributed by atoms with Gasteiger partial charge in [0.2, 0.25) is 0 Å². The Labute approximate surface area is 138 Å². The minimum atomic E-state index is -0.213. The number of carbonyl (C=O) groups is 2. The van der Waals surface area contributed by atoms with E-state index in [-0.39, 0.29) is 17.1 Å². The van der Waals surface area contributed by atoms with Gasteiger partial charge in [-0.15, -0.1) is 0 Å². The molecule has 0 saturated carbocycles. The van der Waals surface area contributed by atoms with Crippen molar-refractivity contribution in [2.24, 2.45) is 0 Å². The number of fused-ring (bicyclic) bond motifs is 2. The van der Waals surface area contributed by atoms with Gasteiger partial charge in [-0.3, -0.25) is 9.59 Å². The molecule has 0 spiro atoms. The first kappa shape index (κ1) is 14.2. The van der Waals surface area contributed by atoms with Crippen LogP contribution in [0.2, 0.25) is 0 Å². The quantitative estimate of drug-likeness (QED) is 0.528. The zero-order valence-corrected chi connectivity index (χ0v) is 12.7. The van der Waals surface area contributed by atoms with Gasteiger partial charge in [0.15, 0.2) is 11.6 Å². The molecule has 4 rings (SSSR count). The highest BCUT2D eigenvalue weighted by Crippen LogP contribution is 2.36. The van der Waals surface area contributed by atoms with Crippen LogP contribution in [-0.2, 0) is 0 Å². The van der Waals surface area contributed by atoms with Gasteiger partial charge in [0, 0.05) is 27.9 Å². The van der Waals surface area contributed by atoms with Crippen molar-refractivity contribution in [2.45, 2.75) is 0 Å². The molecule has 4 nitrogen and oxygen atoms in total. The number of nitrogens with two attached hydrogens (primary N) is 2. The van der Waals surface area contributed by atoms with Crippen molar-refractivity contribution in [1.29, 1.82) is 0 Å². The molecule has 3 aromatic rings. The molecule has 1 aliphatic carbocycles. The Hall–Kier alpha value is -3.40. The third-order valence-corrected chi connectivity index (χ3v) is 4.36. The van der Waals surface area contributed by atoms with Crippen LogP contribution < -0.4 is 11.5 Å². The van der Waals surface area contributed by atoms with Crippen LogP contribution in [-0.4, -0.2) is 11.6 Å². The van der Waals surface area contributed by atoms with Crippen molar-refractivity contribution in [3.63, 3.8) is 0 Å². The second-order valence-electron chi connectivity index (χ2n) is 5.78. The molecular weight excluding hydrogens is 300 g/mol. The first-order valence-corrected chi connectivity index (χ1v) is 7.54. The summed E-state index contributed by atoms with van der Waals surface area (Å²) in [6.45, 7) is 0. The van der Waals surface area contributed by atoms with Crippen molar-refractivity contribution in [2.75, 3.05) is 11.5 Å². The maximum absolute atomic E-state index is 12.9. The maximum atomic E-state index is 12.9. The molecule has 0 heterocycles. The molecule has 0 aromatic heterocycles. The molecule has 116 valence electrons. The molecule has 0 radical (unpaired) electrons. The van der Waals surface area contributed by atoms with Gasteiger partial charge in [0.25, 0.3) is 0 Å². The summed E-state index contributed by atoms with van der Waals surface area (Å²) in [7, 11) is 0. The maximum Gasteiger partial charge on any atom is 0.196 e. The lowest BCUT2D eigenvalue weighted by molar-refractivity contribution is 0.0980. The van der Waals surface area contributed by atoms with E-state index < -0.39 is 0 Å². The summed E-state index contributed by atoms with van der Waals surface area (Å²) in [5, 5.41) is 0. The summed E-state index contributed by atoms with van der Waals surface area (Å²) >= 11 is 0. The number of nitrogen functional groups attached to an aromatic ring is 2. The van der Waals surface area contributed by atoms with E-state index >= 15 is 0 Å². The molecule has 0 atom stereocenters. The van der Waals surface area contributed by atoms with E-state index in [4.69, 9.17) is 11.5 Å². The number of hydrogen-bond acceptors (Lipinski definition) is 4. The molecule has 1 aliphatic rings. The van der Waals surface area contributed by atoms with Gasteiger partial charge in [0.1, 0.15) is 0 Å². The summed E-state index contributed by atoms with van der Waals surface area (Å²) in [5.74, 6) is -0.384. The molecule has 0 unspecified atom stereocenters. The van der Waals surface area contributed by atoms with Crippen LogP contribution in [0.3, 0.4) is 0 Å². The number of hydrogen-bond donors (Lipinski definition) is 2. The summed E-state index contributed by atoms with van der Waals surface area (Å²) in [6, 6.07) is 17.5. The largest absolute Gasteiger partial charge is 0.399 e. The van der Waals surface area contributed by atoms with Gasteiger partial charge in [-0.2, -0.15) is 0 Å². The average Bonchev–Trinajstić information content (AvgIpc) is 2.60. The summed E-state index contributed by atoms with van der Waals surface area (Å²) < 4.78 is 0. The van der Waals surface area contributed by atoms with Crippen LogP contribution in [0.4, 0.5) is 11.4 Å². The Balaban J connectivity index is 1.95. The highest BCUT2D eigenvalue weighted by atomic mass is 16.1. The second kappa shape index (κ2) is 5.06. The highest BCUT2D eigenvalue weighted by Gasteiger charge is 2.31. The monoisotopic (exact) mass is 314 g/mol. The first-order chi connectivity index (χ1) is 11.6. The number of ketones is 2. The summed E-state index contributed by atoms with van der Waals surface area (Å²) in [5.41, 5.74) is 16.0. The van der Waals surface area contributed by atoms with Crippen molar-refractivity contribution in [1.82, 2.24) is 0 Å². The summed E-state index contributed by atoms with van der Waals surface area (Å²) in [4.78, 5) is 25.5. The van der Waals surface area contributed by atoms with E-state index in [9.17, 15) is 9.59 Å². The van der Waals surface area contributed by atoms with Gasteiger partial charge in [-0.25, -0.2) is 0 Å². The lowest BCUT2D eigenvalue weighted by Crippen LogP contribution is -2.22. The fraction of sp³-hybridized carbons (Fsp3) is 0. The Bertz CT molecular complexity index is 1000. The van der Waals surface area contributed by atoms with E-state index in [0.29, 0.717) is 33.6 Å². The normalized spacial score (nSPS) is 12.7.